The maximum Gasteiger partial charge on any atom is 0.0922 e. The first kappa shape index (κ1) is 13.0. The predicted octanol–water partition coefficient (Wildman–Crippen LogP) is 2.42. The predicted molar refractivity (Wildman–Crippen MR) is 80.1 cm³/mol. The molecule has 3 rings (SSSR count). The number of morpholine rings is 1. The molecule has 0 radical (unpaired) electrons. The highest BCUT2D eigenvalue weighted by Crippen LogP contribution is 2.23. The fraction of sp³-hybridized carbons (Fsp3) is 0.400. The van der Waals surface area contributed by atoms with Crippen LogP contribution in [-0.4, -0.2) is 36.3 Å². The van der Waals surface area contributed by atoms with Gasteiger partial charge in [-0.2, -0.15) is 0 Å². The standard InChI is InChI=1S/C15H20N4O/c1-12(15-10-16-11-17-15)18-13-3-2-4-14(9-13)19-5-7-20-8-6-19/h2-4,9-12,18H,5-8H2,1H3,(H,16,17). The van der Waals surface area contributed by atoms with Gasteiger partial charge in [-0.3, -0.25) is 0 Å². The number of nitrogens with zero attached hydrogens (tertiary/aromatic N) is 2. The highest BCUT2D eigenvalue weighted by molar-refractivity contribution is 5.58. The summed E-state index contributed by atoms with van der Waals surface area (Å²) in [7, 11) is 0. The van der Waals surface area contributed by atoms with E-state index in [0.29, 0.717) is 0 Å². The molecule has 1 saturated heterocycles. The van der Waals surface area contributed by atoms with E-state index in [-0.39, 0.29) is 6.04 Å². The summed E-state index contributed by atoms with van der Waals surface area (Å²) in [6.45, 7) is 5.65. The number of H-pyrrole nitrogens is 1. The summed E-state index contributed by atoms with van der Waals surface area (Å²) < 4.78 is 5.40. The van der Waals surface area contributed by atoms with E-state index in [1.165, 1.54) is 5.69 Å². The molecule has 1 aliphatic rings. The molecule has 0 bridgehead atoms. The largest absolute Gasteiger partial charge is 0.378 e. The van der Waals surface area contributed by atoms with Crippen LogP contribution in [0, 0.1) is 0 Å². The van der Waals surface area contributed by atoms with Crippen LogP contribution in [0.1, 0.15) is 18.7 Å². The first-order valence-corrected chi connectivity index (χ1v) is 7.00. The van der Waals surface area contributed by atoms with Crippen molar-refractivity contribution in [3.05, 3.63) is 42.5 Å². The molecule has 20 heavy (non-hydrogen) atoms. The Balaban J connectivity index is 1.70. The molecular weight excluding hydrogens is 252 g/mol. The van der Waals surface area contributed by atoms with Crippen molar-refractivity contribution in [3.8, 4) is 0 Å². The maximum absolute atomic E-state index is 5.40. The van der Waals surface area contributed by atoms with Gasteiger partial charge in [-0.1, -0.05) is 6.07 Å². The molecule has 5 heteroatoms. The third-order valence-electron chi connectivity index (χ3n) is 3.59. The van der Waals surface area contributed by atoms with E-state index in [9.17, 15) is 0 Å². The highest BCUT2D eigenvalue weighted by Gasteiger charge is 2.12. The van der Waals surface area contributed by atoms with Crippen LogP contribution >= 0.6 is 0 Å². The summed E-state index contributed by atoms with van der Waals surface area (Å²) in [6.07, 6.45) is 3.56. The van der Waals surface area contributed by atoms with Crippen LogP contribution in [0.4, 0.5) is 11.4 Å². The minimum Gasteiger partial charge on any atom is -0.378 e. The van der Waals surface area contributed by atoms with Crippen LogP contribution in [0.25, 0.3) is 0 Å². The van der Waals surface area contributed by atoms with Crippen molar-refractivity contribution in [2.75, 3.05) is 36.5 Å². The lowest BCUT2D eigenvalue weighted by molar-refractivity contribution is 0.122. The number of benzene rings is 1. The van der Waals surface area contributed by atoms with Gasteiger partial charge in [0, 0.05) is 30.7 Å². The molecule has 1 unspecified atom stereocenters. The van der Waals surface area contributed by atoms with Gasteiger partial charge in [0.05, 0.1) is 31.3 Å². The SMILES string of the molecule is CC(Nc1cccc(N2CCOCC2)c1)c1cnc[nH]1. The van der Waals surface area contributed by atoms with E-state index in [2.05, 4.69) is 51.4 Å². The first-order chi connectivity index (χ1) is 9.83. The molecule has 1 aromatic carbocycles. The van der Waals surface area contributed by atoms with E-state index in [1.807, 2.05) is 6.20 Å². The number of anilines is 2. The van der Waals surface area contributed by atoms with Gasteiger partial charge in [0.25, 0.3) is 0 Å². The number of ether oxygens (including phenoxy) is 1. The van der Waals surface area contributed by atoms with Crippen LogP contribution < -0.4 is 10.2 Å². The number of hydrogen-bond acceptors (Lipinski definition) is 4. The first-order valence-electron chi connectivity index (χ1n) is 7.00. The number of aromatic amines is 1. The van der Waals surface area contributed by atoms with Crippen LogP contribution in [-0.2, 0) is 4.74 Å². The summed E-state index contributed by atoms with van der Waals surface area (Å²) in [4.78, 5) is 9.55. The Kier molecular flexibility index (Phi) is 3.87. The zero-order valence-corrected chi connectivity index (χ0v) is 11.7. The number of hydrogen-bond donors (Lipinski definition) is 2. The molecule has 106 valence electrons. The maximum atomic E-state index is 5.40. The number of rotatable bonds is 4. The van der Waals surface area contributed by atoms with Gasteiger partial charge in [-0.05, 0) is 25.1 Å². The summed E-state index contributed by atoms with van der Waals surface area (Å²) in [5, 5.41) is 3.49. The zero-order valence-electron chi connectivity index (χ0n) is 11.7. The van der Waals surface area contributed by atoms with Crippen molar-refractivity contribution in [3.63, 3.8) is 0 Å². The second-order valence-corrected chi connectivity index (χ2v) is 5.02. The third kappa shape index (κ3) is 2.93. The molecule has 2 heterocycles. The highest BCUT2D eigenvalue weighted by atomic mass is 16.5. The smallest absolute Gasteiger partial charge is 0.0922 e. The Bertz CT molecular complexity index is 535. The second kappa shape index (κ2) is 5.96. The molecule has 1 aliphatic heterocycles. The van der Waals surface area contributed by atoms with Gasteiger partial charge in [-0.25, -0.2) is 4.98 Å². The molecule has 2 N–H and O–H groups in total. The van der Waals surface area contributed by atoms with E-state index < -0.39 is 0 Å². The number of aromatic nitrogens is 2. The summed E-state index contributed by atoms with van der Waals surface area (Å²) in [5.74, 6) is 0. The summed E-state index contributed by atoms with van der Waals surface area (Å²) in [5.41, 5.74) is 3.45. The minimum absolute atomic E-state index is 0.206. The Hall–Kier alpha value is -2.01. The van der Waals surface area contributed by atoms with Gasteiger partial charge in [-0.15, -0.1) is 0 Å². The van der Waals surface area contributed by atoms with Crippen LogP contribution in [0.15, 0.2) is 36.8 Å². The lowest BCUT2D eigenvalue weighted by Crippen LogP contribution is -2.36. The average molecular weight is 272 g/mol. The number of nitrogens with one attached hydrogen (secondary N) is 2. The quantitative estimate of drug-likeness (QED) is 0.897. The molecule has 1 aromatic heterocycles. The van der Waals surface area contributed by atoms with Crippen LogP contribution in [0.5, 0.6) is 0 Å². The molecule has 0 aliphatic carbocycles. The van der Waals surface area contributed by atoms with Gasteiger partial charge >= 0.3 is 0 Å². The topological polar surface area (TPSA) is 53.2 Å². The normalized spacial score (nSPS) is 16.9. The lowest BCUT2D eigenvalue weighted by atomic mass is 10.2. The van der Waals surface area contributed by atoms with Gasteiger partial charge in [0.15, 0.2) is 0 Å². The van der Waals surface area contributed by atoms with Crippen molar-refractivity contribution in [1.82, 2.24) is 9.97 Å². The average Bonchev–Trinajstić information content (AvgIpc) is 3.03. The van der Waals surface area contributed by atoms with Gasteiger partial charge in [0.1, 0.15) is 0 Å². The minimum atomic E-state index is 0.206. The molecule has 0 amide bonds. The van der Waals surface area contributed by atoms with Crippen LogP contribution in [0.3, 0.4) is 0 Å². The Morgan fingerprint density at radius 2 is 2.20 bits per heavy atom. The second-order valence-electron chi connectivity index (χ2n) is 5.02. The van der Waals surface area contributed by atoms with Crippen molar-refractivity contribution < 1.29 is 4.74 Å². The molecule has 1 atom stereocenters. The van der Waals surface area contributed by atoms with Crippen molar-refractivity contribution in [1.29, 1.82) is 0 Å². The van der Waals surface area contributed by atoms with Crippen molar-refractivity contribution in [2.24, 2.45) is 0 Å². The summed E-state index contributed by atoms with van der Waals surface area (Å²) >= 11 is 0. The van der Waals surface area contributed by atoms with Crippen molar-refractivity contribution in [2.45, 2.75) is 13.0 Å². The van der Waals surface area contributed by atoms with Gasteiger partial charge in [0.2, 0.25) is 0 Å². The van der Waals surface area contributed by atoms with E-state index >= 15 is 0 Å². The molecule has 0 spiro atoms. The van der Waals surface area contributed by atoms with E-state index in [1.54, 1.807) is 6.33 Å². The van der Waals surface area contributed by atoms with E-state index in [4.69, 9.17) is 4.74 Å². The molecular formula is C15H20N4O. The molecule has 2 aromatic rings. The monoisotopic (exact) mass is 272 g/mol. The van der Waals surface area contributed by atoms with Crippen molar-refractivity contribution >= 4 is 11.4 Å². The van der Waals surface area contributed by atoms with Gasteiger partial charge < -0.3 is 19.9 Å². The fourth-order valence-electron chi connectivity index (χ4n) is 2.45. The Morgan fingerprint density at radius 1 is 1.35 bits per heavy atom. The summed E-state index contributed by atoms with van der Waals surface area (Å²) in [6, 6.07) is 8.73. The third-order valence-corrected chi connectivity index (χ3v) is 3.59. The molecule has 5 nitrogen and oxygen atoms in total. The lowest BCUT2D eigenvalue weighted by Gasteiger charge is -2.29. The number of imidazole rings is 1. The fourth-order valence-corrected chi connectivity index (χ4v) is 2.45. The molecule has 0 saturated carbocycles. The van der Waals surface area contributed by atoms with Crippen LogP contribution in [0.2, 0.25) is 0 Å². The molecule has 1 fully saturated rings. The Labute approximate surface area is 119 Å². The zero-order chi connectivity index (χ0) is 13.8. The van der Waals surface area contributed by atoms with E-state index in [0.717, 1.165) is 37.7 Å². The Morgan fingerprint density at radius 3 is 2.95 bits per heavy atom.